The Morgan fingerprint density at radius 1 is 1.25 bits per heavy atom. The zero-order valence-corrected chi connectivity index (χ0v) is 16.4. The number of carbonyl (C=O) groups excluding carboxylic acids is 1. The first-order chi connectivity index (χ1) is 13.4. The maximum atomic E-state index is 13.6. The fraction of sp³-hybridized carbons (Fsp3) is 0.364. The normalized spacial score (nSPS) is 21.6. The summed E-state index contributed by atoms with van der Waals surface area (Å²) in [5.74, 6) is -1.09. The van der Waals surface area contributed by atoms with Crippen LogP contribution in [-0.4, -0.2) is 50.2 Å². The number of nitrogens with one attached hydrogen (secondary N) is 1. The van der Waals surface area contributed by atoms with Crippen molar-refractivity contribution in [1.82, 2.24) is 4.90 Å². The van der Waals surface area contributed by atoms with Crippen molar-refractivity contribution in [2.75, 3.05) is 37.4 Å². The summed E-state index contributed by atoms with van der Waals surface area (Å²) in [5.41, 5.74) is 4.47. The second-order valence-electron chi connectivity index (χ2n) is 7.80. The quantitative estimate of drug-likeness (QED) is 0.823. The van der Waals surface area contributed by atoms with Gasteiger partial charge in [-0.25, -0.2) is 4.39 Å². The fourth-order valence-electron chi connectivity index (χ4n) is 4.02. The maximum Gasteiger partial charge on any atom is 0.237 e. The van der Waals surface area contributed by atoms with Gasteiger partial charge in [0.25, 0.3) is 0 Å². The van der Waals surface area contributed by atoms with Crippen LogP contribution in [0.25, 0.3) is 0 Å². The molecule has 28 heavy (non-hydrogen) atoms. The summed E-state index contributed by atoms with van der Waals surface area (Å²) in [7, 11) is 4.25. The zero-order valence-electron chi connectivity index (χ0n) is 16.4. The van der Waals surface area contributed by atoms with Gasteiger partial charge in [0, 0.05) is 36.7 Å². The van der Waals surface area contributed by atoms with Gasteiger partial charge >= 0.3 is 0 Å². The number of hydrogen-bond donors (Lipinski definition) is 1. The lowest BCUT2D eigenvalue weighted by Gasteiger charge is -2.23. The van der Waals surface area contributed by atoms with Crippen molar-refractivity contribution in [3.05, 3.63) is 53.3 Å². The van der Waals surface area contributed by atoms with E-state index in [1.807, 2.05) is 12.1 Å². The van der Waals surface area contributed by atoms with Crippen LogP contribution >= 0.6 is 0 Å². The van der Waals surface area contributed by atoms with Crippen LogP contribution in [0.15, 0.2) is 41.4 Å². The van der Waals surface area contributed by atoms with Gasteiger partial charge in [-0.15, -0.1) is 0 Å². The lowest BCUT2D eigenvalue weighted by molar-refractivity contribution is -0.115. The first-order valence-corrected chi connectivity index (χ1v) is 9.59. The van der Waals surface area contributed by atoms with Gasteiger partial charge < -0.3 is 15.1 Å². The Balaban J connectivity index is 1.52. The number of amides is 1. The highest BCUT2D eigenvalue weighted by atomic mass is 19.1. The number of rotatable bonds is 4. The average molecular weight is 380 g/mol. The third-order valence-corrected chi connectivity index (χ3v) is 5.68. The summed E-state index contributed by atoms with van der Waals surface area (Å²) in [5, 5.41) is 2.77. The highest BCUT2D eigenvalue weighted by Gasteiger charge is 2.29. The highest BCUT2D eigenvalue weighted by molar-refractivity contribution is 6.12. The minimum absolute atomic E-state index is 0.176. The number of fused-ring (bicyclic) bond motifs is 1. The molecule has 146 valence electrons. The molecule has 4 rings (SSSR count). The summed E-state index contributed by atoms with van der Waals surface area (Å²) in [6, 6.07) is 11.0. The molecule has 0 aliphatic carbocycles. The molecule has 2 aromatic carbocycles. The summed E-state index contributed by atoms with van der Waals surface area (Å²) >= 11 is 0. The molecule has 2 aromatic rings. The van der Waals surface area contributed by atoms with Gasteiger partial charge in [0.1, 0.15) is 11.7 Å². The first-order valence-electron chi connectivity index (χ1n) is 9.59. The lowest BCUT2D eigenvalue weighted by atomic mass is 10.0. The Morgan fingerprint density at radius 3 is 2.79 bits per heavy atom. The zero-order chi connectivity index (χ0) is 19.8. The van der Waals surface area contributed by atoms with E-state index in [9.17, 15) is 9.18 Å². The minimum atomic E-state index is -0.565. The van der Waals surface area contributed by atoms with Gasteiger partial charge in [-0.1, -0.05) is 0 Å². The van der Waals surface area contributed by atoms with E-state index in [1.54, 1.807) is 12.3 Å². The molecule has 2 aliphatic rings. The fourth-order valence-corrected chi connectivity index (χ4v) is 4.02. The molecule has 2 unspecified atom stereocenters. The predicted molar refractivity (Wildman–Crippen MR) is 111 cm³/mol. The molecule has 1 saturated heterocycles. The molecule has 2 heterocycles. The van der Waals surface area contributed by atoms with E-state index < -0.39 is 5.92 Å². The Kier molecular flexibility index (Phi) is 4.89. The topological polar surface area (TPSA) is 47.9 Å². The third kappa shape index (κ3) is 3.52. The van der Waals surface area contributed by atoms with E-state index >= 15 is 0 Å². The summed E-state index contributed by atoms with van der Waals surface area (Å²) in [6.07, 6.45) is 2.77. The van der Waals surface area contributed by atoms with Crippen molar-refractivity contribution in [2.24, 2.45) is 4.99 Å². The van der Waals surface area contributed by atoms with Crippen LogP contribution in [0.2, 0.25) is 0 Å². The van der Waals surface area contributed by atoms with Crippen molar-refractivity contribution in [2.45, 2.75) is 25.3 Å². The van der Waals surface area contributed by atoms with Crippen molar-refractivity contribution >= 4 is 29.2 Å². The number of likely N-dealkylation sites (N-methyl/N-ethyl adjacent to an activating group) is 1. The molecule has 0 saturated carbocycles. The van der Waals surface area contributed by atoms with Crippen molar-refractivity contribution in [1.29, 1.82) is 0 Å². The molecular weight excluding hydrogens is 355 g/mol. The molecule has 1 amide bonds. The lowest BCUT2D eigenvalue weighted by Crippen LogP contribution is -2.31. The number of nitrogens with zero attached hydrogens (tertiary/aromatic N) is 3. The van der Waals surface area contributed by atoms with E-state index in [1.165, 1.54) is 24.2 Å². The van der Waals surface area contributed by atoms with Crippen LogP contribution in [0.5, 0.6) is 0 Å². The summed E-state index contributed by atoms with van der Waals surface area (Å²) in [4.78, 5) is 21.4. The maximum absolute atomic E-state index is 13.6. The predicted octanol–water partition coefficient (Wildman–Crippen LogP) is 3.71. The molecule has 1 fully saturated rings. The number of carbonyl (C=O) groups is 1. The Morgan fingerprint density at radius 2 is 2.07 bits per heavy atom. The Hall–Kier alpha value is -2.73. The van der Waals surface area contributed by atoms with E-state index in [4.69, 9.17) is 0 Å². The Bertz CT molecular complexity index is 940. The summed E-state index contributed by atoms with van der Waals surface area (Å²) < 4.78 is 13.6. The van der Waals surface area contributed by atoms with Gasteiger partial charge in [0.15, 0.2) is 0 Å². The van der Waals surface area contributed by atoms with Crippen molar-refractivity contribution in [3.8, 4) is 0 Å². The molecule has 0 radical (unpaired) electrons. The molecule has 5 nitrogen and oxygen atoms in total. The van der Waals surface area contributed by atoms with Crippen LogP contribution in [0, 0.1) is 12.7 Å². The molecule has 2 aliphatic heterocycles. The van der Waals surface area contributed by atoms with Gasteiger partial charge in [-0.3, -0.25) is 9.79 Å². The number of anilines is 2. The van der Waals surface area contributed by atoms with E-state index in [0.29, 0.717) is 17.3 Å². The van der Waals surface area contributed by atoms with Gasteiger partial charge in [0.05, 0.1) is 5.69 Å². The van der Waals surface area contributed by atoms with Crippen molar-refractivity contribution in [3.63, 3.8) is 0 Å². The van der Waals surface area contributed by atoms with Gasteiger partial charge in [-0.05, 0) is 75.0 Å². The molecule has 0 spiro atoms. The van der Waals surface area contributed by atoms with Crippen LogP contribution < -0.4 is 10.2 Å². The standard InChI is InChI=1S/C22H25FN4O/c1-14-10-16(5-7-21(14)27-9-8-17(13-27)26(2)3)24-12-19-18-11-15(23)4-6-20(18)25-22(19)28/h4-7,10-12,17,19H,8-9,13H2,1-3H3,(H,25,28). The smallest absolute Gasteiger partial charge is 0.237 e. The molecule has 0 bridgehead atoms. The van der Waals surface area contributed by atoms with Crippen LogP contribution in [0.4, 0.5) is 21.5 Å². The number of hydrogen-bond acceptors (Lipinski definition) is 4. The van der Waals surface area contributed by atoms with E-state index in [-0.39, 0.29) is 11.7 Å². The largest absolute Gasteiger partial charge is 0.370 e. The molecule has 0 aromatic heterocycles. The SMILES string of the molecule is Cc1cc(N=CC2C(=O)Nc3ccc(F)cc32)ccc1N1CCC(N(C)C)C1. The first kappa shape index (κ1) is 18.6. The summed E-state index contributed by atoms with van der Waals surface area (Å²) in [6.45, 7) is 4.17. The number of benzene rings is 2. The molecule has 6 heteroatoms. The molecule has 1 N–H and O–H groups in total. The highest BCUT2D eigenvalue weighted by Crippen LogP contribution is 2.33. The molecule has 2 atom stereocenters. The number of aryl methyl sites for hydroxylation is 1. The monoisotopic (exact) mass is 380 g/mol. The van der Waals surface area contributed by atoms with E-state index in [0.717, 1.165) is 24.3 Å². The van der Waals surface area contributed by atoms with Crippen LogP contribution in [-0.2, 0) is 4.79 Å². The number of halogens is 1. The Labute approximate surface area is 164 Å². The van der Waals surface area contributed by atoms with Gasteiger partial charge in [0.2, 0.25) is 5.91 Å². The van der Waals surface area contributed by atoms with Crippen LogP contribution in [0.3, 0.4) is 0 Å². The third-order valence-electron chi connectivity index (χ3n) is 5.68. The minimum Gasteiger partial charge on any atom is -0.370 e. The second kappa shape index (κ2) is 7.36. The molecular formula is C22H25FN4O. The average Bonchev–Trinajstić information content (AvgIpc) is 3.25. The van der Waals surface area contributed by atoms with Crippen LogP contribution in [0.1, 0.15) is 23.5 Å². The van der Waals surface area contributed by atoms with Gasteiger partial charge in [-0.2, -0.15) is 0 Å². The number of aliphatic imine (C=N–C) groups is 1. The second-order valence-corrected chi connectivity index (χ2v) is 7.80. The van der Waals surface area contributed by atoms with Crippen molar-refractivity contribution < 1.29 is 9.18 Å². The van der Waals surface area contributed by atoms with E-state index in [2.05, 4.69) is 47.2 Å².